The van der Waals surface area contributed by atoms with E-state index in [-0.39, 0.29) is 5.69 Å². The summed E-state index contributed by atoms with van der Waals surface area (Å²) in [5, 5.41) is 22.0. The highest BCUT2D eigenvalue weighted by atomic mass is 19.1. The fourth-order valence-corrected chi connectivity index (χ4v) is 3.50. The molecule has 0 amide bonds. The van der Waals surface area contributed by atoms with Gasteiger partial charge in [0.25, 0.3) is 0 Å². The summed E-state index contributed by atoms with van der Waals surface area (Å²) >= 11 is 0. The molecule has 164 valence electrons. The van der Waals surface area contributed by atoms with Gasteiger partial charge in [-0.1, -0.05) is 24.3 Å². The zero-order chi connectivity index (χ0) is 22.9. The van der Waals surface area contributed by atoms with Gasteiger partial charge in [0.2, 0.25) is 0 Å². The second-order valence-corrected chi connectivity index (χ2v) is 7.43. The van der Waals surface area contributed by atoms with Gasteiger partial charge in [0.05, 0.1) is 12.2 Å². The first-order valence-corrected chi connectivity index (χ1v) is 9.51. The smallest absolute Gasteiger partial charge is 0.184 e. The van der Waals surface area contributed by atoms with Crippen molar-refractivity contribution in [2.24, 2.45) is 0 Å². The molecule has 6 nitrogen and oxygen atoms in total. The van der Waals surface area contributed by atoms with Crippen LogP contribution in [0.5, 0.6) is 0 Å². The third-order valence-electron chi connectivity index (χ3n) is 5.36. The highest BCUT2D eigenvalue weighted by molar-refractivity contribution is 5.62. The van der Waals surface area contributed by atoms with Crippen molar-refractivity contribution in [1.29, 1.82) is 0 Å². The lowest BCUT2D eigenvalue weighted by atomic mass is 9.77. The van der Waals surface area contributed by atoms with Gasteiger partial charge >= 0.3 is 0 Å². The van der Waals surface area contributed by atoms with Crippen LogP contribution in [-0.2, 0) is 17.8 Å². The summed E-state index contributed by atoms with van der Waals surface area (Å²) in [6, 6.07) is 11.0. The summed E-state index contributed by atoms with van der Waals surface area (Å²) < 4.78 is 58.6. The number of hydrogen-bond acceptors (Lipinski definition) is 5. The molecule has 10 heteroatoms. The van der Waals surface area contributed by atoms with Crippen LogP contribution < -0.4 is 0 Å². The van der Waals surface area contributed by atoms with Crippen molar-refractivity contribution in [2.75, 3.05) is 0 Å². The molecule has 2 aromatic carbocycles. The van der Waals surface area contributed by atoms with Crippen molar-refractivity contribution in [3.63, 3.8) is 0 Å². The number of alkyl halides is 1. The molecule has 0 aliphatic heterocycles. The fourth-order valence-electron chi connectivity index (χ4n) is 3.50. The maximum Gasteiger partial charge on any atom is 0.184 e. The molecule has 0 aliphatic rings. The Bertz CT molecular complexity index is 1210. The van der Waals surface area contributed by atoms with Crippen molar-refractivity contribution in [3.05, 3.63) is 95.8 Å². The van der Waals surface area contributed by atoms with Gasteiger partial charge in [-0.15, -0.1) is 5.10 Å². The van der Waals surface area contributed by atoms with Crippen LogP contribution in [0.4, 0.5) is 17.6 Å². The molecular formula is C22H17F4N5O. The SMILES string of the molecule is CC(F)(c1ccc(-c2ccc(F)cc2)cn1)[C@](O)(Cn1cnnn1)c1ccc(F)cc1F. The molecule has 1 N–H and O–H groups in total. The lowest BCUT2D eigenvalue weighted by molar-refractivity contribution is -0.123. The molecule has 2 heterocycles. The largest absolute Gasteiger partial charge is 0.379 e. The van der Waals surface area contributed by atoms with E-state index in [1.165, 1.54) is 24.4 Å². The number of nitrogens with zero attached hydrogens (tertiary/aromatic N) is 5. The van der Waals surface area contributed by atoms with Gasteiger partial charge in [0.15, 0.2) is 11.3 Å². The Morgan fingerprint density at radius 2 is 1.62 bits per heavy atom. The second-order valence-electron chi connectivity index (χ2n) is 7.43. The molecule has 4 rings (SSSR count). The molecule has 0 saturated heterocycles. The number of tetrazole rings is 1. The van der Waals surface area contributed by atoms with Crippen molar-refractivity contribution < 1.29 is 22.7 Å². The molecular weight excluding hydrogens is 426 g/mol. The first-order chi connectivity index (χ1) is 15.2. The Morgan fingerprint density at radius 1 is 0.938 bits per heavy atom. The number of aliphatic hydroxyl groups is 1. The molecule has 0 aliphatic carbocycles. The predicted molar refractivity (Wildman–Crippen MR) is 106 cm³/mol. The maximum absolute atomic E-state index is 16.3. The third-order valence-corrected chi connectivity index (χ3v) is 5.36. The highest BCUT2D eigenvalue weighted by Gasteiger charge is 2.53. The lowest BCUT2D eigenvalue weighted by Gasteiger charge is -2.39. The van der Waals surface area contributed by atoms with E-state index in [4.69, 9.17) is 0 Å². The van der Waals surface area contributed by atoms with Gasteiger partial charge in [-0.2, -0.15) is 0 Å². The normalized spacial score (nSPS) is 15.2. The van der Waals surface area contributed by atoms with Gasteiger partial charge in [-0.3, -0.25) is 4.98 Å². The van der Waals surface area contributed by atoms with Gasteiger partial charge in [-0.05, 0) is 47.2 Å². The Morgan fingerprint density at radius 3 is 2.22 bits per heavy atom. The number of halogens is 4. The average Bonchev–Trinajstić information content (AvgIpc) is 3.27. The van der Waals surface area contributed by atoms with Gasteiger partial charge in [0, 0.05) is 23.4 Å². The topological polar surface area (TPSA) is 76.7 Å². The zero-order valence-corrected chi connectivity index (χ0v) is 16.8. The minimum absolute atomic E-state index is 0.206. The van der Waals surface area contributed by atoms with E-state index in [1.807, 2.05) is 0 Å². The summed E-state index contributed by atoms with van der Waals surface area (Å²) in [5.41, 5.74) is -4.66. The van der Waals surface area contributed by atoms with Crippen LogP contribution in [0, 0.1) is 17.5 Å². The van der Waals surface area contributed by atoms with Crippen LogP contribution in [0.2, 0.25) is 0 Å². The molecule has 2 aromatic heterocycles. The maximum atomic E-state index is 16.3. The van der Waals surface area contributed by atoms with E-state index in [0.29, 0.717) is 17.2 Å². The number of aromatic nitrogens is 5. The van der Waals surface area contributed by atoms with Crippen molar-refractivity contribution >= 4 is 0 Å². The first kappa shape index (κ1) is 21.6. The van der Waals surface area contributed by atoms with Gasteiger partial charge in [0.1, 0.15) is 23.8 Å². The van der Waals surface area contributed by atoms with E-state index in [0.717, 1.165) is 30.1 Å². The van der Waals surface area contributed by atoms with Gasteiger partial charge < -0.3 is 5.11 Å². The third kappa shape index (κ3) is 3.84. The Labute approximate surface area is 180 Å². The lowest BCUT2D eigenvalue weighted by Crippen LogP contribution is -2.48. The average molecular weight is 443 g/mol. The Kier molecular flexibility index (Phi) is 5.47. The number of benzene rings is 2. The van der Waals surface area contributed by atoms with Crippen LogP contribution in [0.15, 0.2) is 67.1 Å². The minimum atomic E-state index is -2.65. The zero-order valence-electron chi connectivity index (χ0n) is 16.8. The molecule has 2 atom stereocenters. The van der Waals surface area contributed by atoms with Crippen molar-refractivity contribution in [1.82, 2.24) is 25.2 Å². The molecule has 0 radical (unpaired) electrons. The van der Waals surface area contributed by atoms with Crippen molar-refractivity contribution in [3.8, 4) is 11.1 Å². The standard InChI is InChI=1S/C22H17F4N5O/c1-21(26,20-9-4-15(11-27-20)14-2-5-16(23)6-3-14)22(32,12-31-13-28-29-30-31)18-8-7-17(24)10-19(18)25/h2-11,13,32H,12H2,1H3/t21?,22-/m0/s1. The molecule has 0 bridgehead atoms. The van der Waals surface area contributed by atoms with Crippen LogP contribution in [0.25, 0.3) is 11.1 Å². The van der Waals surface area contributed by atoms with E-state index >= 15 is 4.39 Å². The molecule has 32 heavy (non-hydrogen) atoms. The second kappa shape index (κ2) is 8.12. The fraction of sp³-hybridized carbons (Fsp3) is 0.182. The van der Waals surface area contributed by atoms with Crippen LogP contribution in [-0.4, -0.2) is 30.3 Å². The molecule has 0 saturated carbocycles. The van der Waals surface area contributed by atoms with Crippen LogP contribution >= 0.6 is 0 Å². The summed E-state index contributed by atoms with van der Waals surface area (Å²) in [4.78, 5) is 4.13. The highest BCUT2D eigenvalue weighted by Crippen LogP contribution is 2.45. The molecule has 1 unspecified atom stereocenters. The van der Waals surface area contributed by atoms with E-state index in [1.54, 1.807) is 18.2 Å². The summed E-state index contributed by atoms with van der Waals surface area (Å²) in [7, 11) is 0. The molecule has 0 spiro atoms. The van der Waals surface area contributed by atoms with E-state index in [9.17, 15) is 18.3 Å². The monoisotopic (exact) mass is 443 g/mol. The summed E-state index contributed by atoms with van der Waals surface area (Å²) in [5.74, 6) is -2.41. The summed E-state index contributed by atoms with van der Waals surface area (Å²) in [6.07, 6.45) is 2.49. The first-order valence-electron chi connectivity index (χ1n) is 9.51. The van der Waals surface area contributed by atoms with E-state index < -0.39 is 40.8 Å². The van der Waals surface area contributed by atoms with E-state index in [2.05, 4.69) is 20.5 Å². The molecule has 4 aromatic rings. The quantitative estimate of drug-likeness (QED) is 0.457. The van der Waals surface area contributed by atoms with Gasteiger partial charge in [-0.25, -0.2) is 22.2 Å². The van der Waals surface area contributed by atoms with Crippen LogP contribution in [0.1, 0.15) is 18.2 Å². The Hall–Kier alpha value is -3.66. The number of pyridine rings is 1. The summed E-state index contributed by atoms with van der Waals surface area (Å²) in [6.45, 7) is 0.469. The minimum Gasteiger partial charge on any atom is -0.379 e. The van der Waals surface area contributed by atoms with Crippen LogP contribution in [0.3, 0.4) is 0 Å². The molecule has 0 fully saturated rings. The Balaban J connectivity index is 1.78. The number of hydrogen-bond donors (Lipinski definition) is 1. The van der Waals surface area contributed by atoms with Crippen molar-refractivity contribution in [2.45, 2.75) is 24.7 Å². The number of rotatable bonds is 6. The predicted octanol–water partition coefficient (Wildman–Crippen LogP) is 3.93.